The molecule has 0 N–H and O–H groups in total. The van der Waals surface area contributed by atoms with Crippen molar-refractivity contribution < 1.29 is 4.57 Å². The smallest absolute Gasteiger partial charge is 0.147 e. The summed E-state index contributed by atoms with van der Waals surface area (Å²) in [6.45, 7) is 9.04. The van der Waals surface area contributed by atoms with Crippen LogP contribution >= 0.6 is 11.3 Å². The molecule has 26 heavy (non-hydrogen) atoms. The Labute approximate surface area is 161 Å². The average molecular weight is 363 g/mol. The third kappa shape index (κ3) is 2.91. The maximum absolute atomic E-state index is 2.53. The summed E-state index contributed by atoms with van der Waals surface area (Å²) in [6, 6.07) is 15.5. The van der Waals surface area contributed by atoms with E-state index in [1.165, 1.54) is 64.3 Å². The third-order valence-electron chi connectivity index (χ3n) is 5.88. The topological polar surface area (TPSA) is 3.88 Å². The Balaban J connectivity index is 2.01. The molecule has 4 rings (SSSR count). The minimum atomic E-state index is 0.744. The van der Waals surface area contributed by atoms with Crippen molar-refractivity contribution in [2.24, 2.45) is 0 Å². The molecule has 0 aliphatic heterocycles. The predicted octanol–water partition coefficient (Wildman–Crippen LogP) is 6.58. The maximum atomic E-state index is 2.53. The second-order valence-electron chi connectivity index (χ2n) is 7.73. The summed E-state index contributed by atoms with van der Waals surface area (Å²) in [4.78, 5) is 1.60. The minimum absolute atomic E-state index is 0.744. The van der Waals surface area contributed by atoms with E-state index in [2.05, 4.69) is 74.7 Å². The summed E-state index contributed by atoms with van der Waals surface area (Å²) in [5.74, 6) is 0.744. The molecule has 1 nitrogen and oxygen atoms in total. The molecule has 3 aromatic rings. The molecule has 1 aliphatic rings. The van der Waals surface area contributed by atoms with Crippen LogP contribution in [-0.4, -0.2) is 0 Å². The summed E-state index contributed by atoms with van der Waals surface area (Å²) >= 11 is 2.03. The molecule has 0 atom stereocenters. The van der Waals surface area contributed by atoms with E-state index < -0.39 is 0 Å². The van der Waals surface area contributed by atoms with Gasteiger partial charge in [-0.05, 0) is 50.7 Å². The van der Waals surface area contributed by atoms with E-state index in [1.54, 1.807) is 4.88 Å². The first-order chi connectivity index (χ1) is 12.6. The molecule has 2 heteroatoms. The summed E-state index contributed by atoms with van der Waals surface area (Å²) < 4.78 is 2.53. The van der Waals surface area contributed by atoms with Crippen molar-refractivity contribution in [3.05, 3.63) is 69.7 Å². The van der Waals surface area contributed by atoms with Crippen molar-refractivity contribution in [1.29, 1.82) is 0 Å². The number of hydrogen-bond donors (Lipinski definition) is 0. The quantitative estimate of drug-likeness (QED) is 0.463. The molecule has 0 unspecified atom stereocenters. The fourth-order valence-corrected chi connectivity index (χ4v) is 6.07. The highest BCUT2D eigenvalue weighted by molar-refractivity contribution is 7.14. The number of hydrogen-bond acceptors (Lipinski definition) is 1. The monoisotopic (exact) mass is 362 g/mol. The molecular weight excluding hydrogens is 334 g/mol. The maximum Gasteiger partial charge on any atom is 0.275 e. The van der Waals surface area contributed by atoms with Gasteiger partial charge in [0.1, 0.15) is 0 Å². The summed E-state index contributed by atoms with van der Waals surface area (Å²) in [7, 11) is 0. The molecule has 0 radical (unpaired) electrons. The highest BCUT2D eigenvalue weighted by Crippen LogP contribution is 2.42. The van der Waals surface area contributed by atoms with E-state index in [4.69, 9.17) is 0 Å². The van der Waals surface area contributed by atoms with Gasteiger partial charge in [-0.25, -0.2) is 0 Å². The SMILES string of the molecule is Cc1ccccc1-[n+]1c(-c2c(C)cccc2C)sc(C2CCCC2)c1C. The molecule has 0 saturated heterocycles. The van der Waals surface area contributed by atoms with Crippen LogP contribution in [0.1, 0.15) is 58.9 Å². The van der Waals surface area contributed by atoms with Crippen molar-refractivity contribution in [2.45, 2.75) is 59.3 Å². The predicted molar refractivity (Wildman–Crippen MR) is 111 cm³/mol. The zero-order chi connectivity index (χ0) is 18.3. The highest BCUT2D eigenvalue weighted by Gasteiger charge is 2.33. The van der Waals surface area contributed by atoms with Crippen molar-refractivity contribution in [3.8, 4) is 16.3 Å². The Morgan fingerprint density at radius 2 is 1.42 bits per heavy atom. The van der Waals surface area contributed by atoms with Gasteiger partial charge in [0.25, 0.3) is 5.01 Å². The van der Waals surface area contributed by atoms with Crippen LogP contribution in [0.5, 0.6) is 0 Å². The van der Waals surface area contributed by atoms with Crippen LogP contribution in [-0.2, 0) is 0 Å². The molecule has 1 heterocycles. The van der Waals surface area contributed by atoms with Gasteiger partial charge < -0.3 is 0 Å². The second-order valence-corrected chi connectivity index (χ2v) is 8.76. The van der Waals surface area contributed by atoms with Gasteiger partial charge in [-0.2, -0.15) is 0 Å². The summed E-state index contributed by atoms with van der Waals surface area (Å²) in [5, 5.41) is 1.40. The van der Waals surface area contributed by atoms with Crippen LogP contribution in [0.3, 0.4) is 0 Å². The molecule has 0 amide bonds. The van der Waals surface area contributed by atoms with Crippen molar-refractivity contribution in [1.82, 2.24) is 0 Å². The van der Waals surface area contributed by atoms with Gasteiger partial charge in [0.15, 0.2) is 5.69 Å². The molecule has 2 aromatic carbocycles. The molecule has 0 spiro atoms. The number of aryl methyl sites for hydroxylation is 3. The van der Waals surface area contributed by atoms with Crippen LogP contribution in [0, 0.1) is 27.7 Å². The Kier molecular flexibility index (Phi) is 4.71. The molecular formula is C24H28NS+. The summed E-state index contributed by atoms with van der Waals surface area (Å²) in [6.07, 6.45) is 5.46. The fraction of sp³-hybridized carbons (Fsp3) is 0.375. The normalized spacial score (nSPS) is 14.9. The van der Waals surface area contributed by atoms with Gasteiger partial charge in [0.05, 0.1) is 10.4 Å². The Morgan fingerprint density at radius 3 is 2.08 bits per heavy atom. The number of aromatic nitrogens is 1. The Bertz CT molecular complexity index is 925. The zero-order valence-electron chi connectivity index (χ0n) is 16.3. The molecule has 0 bridgehead atoms. The van der Waals surface area contributed by atoms with Crippen LogP contribution < -0.4 is 4.57 Å². The fourth-order valence-electron chi connectivity index (χ4n) is 4.47. The van der Waals surface area contributed by atoms with Gasteiger partial charge in [-0.1, -0.05) is 60.6 Å². The van der Waals surface area contributed by atoms with E-state index in [0.29, 0.717) is 0 Å². The van der Waals surface area contributed by atoms with Crippen molar-refractivity contribution in [2.75, 3.05) is 0 Å². The van der Waals surface area contributed by atoms with Crippen LogP contribution in [0.25, 0.3) is 16.3 Å². The first-order valence-electron chi connectivity index (χ1n) is 9.76. The average Bonchev–Trinajstić information content (AvgIpc) is 3.24. The summed E-state index contributed by atoms with van der Waals surface area (Å²) in [5.41, 5.74) is 8.24. The number of para-hydroxylation sites is 1. The van der Waals surface area contributed by atoms with Gasteiger partial charge >= 0.3 is 0 Å². The first kappa shape index (κ1) is 17.5. The van der Waals surface area contributed by atoms with E-state index in [-0.39, 0.29) is 0 Å². The lowest BCUT2D eigenvalue weighted by atomic mass is 10.0. The number of benzene rings is 2. The van der Waals surface area contributed by atoms with Gasteiger partial charge in [-0.15, -0.1) is 4.57 Å². The number of rotatable bonds is 3. The molecule has 134 valence electrons. The van der Waals surface area contributed by atoms with Crippen LogP contribution in [0.2, 0.25) is 0 Å². The van der Waals surface area contributed by atoms with Crippen LogP contribution in [0.15, 0.2) is 42.5 Å². The number of thiazole rings is 1. The molecule has 1 fully saturated rings. The Morgan fingerprint density at radius 1 is 0.808 bits per heavy atom. The van der Waals surface area contributed by atoms with Gasteiger partial charge in [0.2, 0.25) is 5.69 Å². The van der Waals surface area contributed by atoms with E-state index >= 15 is 0 Å². The van der Waals surface area contributed by atoms with Gasteiger partial charge in [-0.3, -0.25) is 0 Å². The van der Waals surface area contributed by atoms with E-state index in [1.807, 2.05) is 11.3 Å². The van der Waals surface area contributed by atoms with E-state index in [0.717, 1.165) is 5.92 Å². The molecule has 1 saturated carbocycles. The lowest BCUT2D eigenvalue weighted by Gasteiger charge is -2.07. The highest BCUT2D eigenvalue weighted by atomic mass is 32.1. The molecule has 1 aromatic heterocycles. The lowest BCUT2D eigenvalue weighted by Crippen LogP contribution is -2.35. The Hall–Kier alpha value is -1.93. The van der Waals surface area contributed by atoms with Crippen molar-refractivity contribution >= 4 is 11.3 Å². The third-order valence-corrected chi connectivity index (χ3v) is 7.31. The standard InChI is InChI=1S/C24H28NS/c1-16-10-5-8-15-21(16)25-19(4)23(20-13-6-7-14-20)26-24(25)22-17(2)11-9-12-18(22)3/h5,8-12,15,20H,6-7,13-14H2,1-4H3/q+1. The largest absolute Gasteiger partial charge is 0.275 e. The van der Waals surface area contributed by atoms with Crippen LogP contribution in [0.4, 0.5) is 0 Å². The lowest BCUT2D eigenvalue weighted by molar-refractivity contribution is -0.586. The zero-order valence-corrected chi connectivity index (χ0v) is 17.1. The number of nitrogens with zero attached hydrogens (tertiary/aromatic N) is 1. The minimum Gasteiger partial charge on any atom is -0.147 e. The van der Waals surface area contributed by atoms with Gasteiger partial charge in [0, 0.05) is 18.6 Å². The first-order valence-corrected chi connectivity index (χ1v) is 10.6. The second kappa shape index (κ2) is 7.00. The van der Waals surface area contributed by atoms with Crippen molar-refractivity contribution in [3.63, 3.8) is 0 Å². The van der Waals surface area contributed by atoms with E-state index in [9.17, 15) is 0 Å². The molecule has 1 aliphatic carbocycles.